The molecular weight excluding hydrogens is 380 g/mol. The van der Waals surface area contributed by atoms with Gasteiger partial charge in [0, 0.05) is 0 Å². The Kier molecular flexibility index (Phi) is 3.29. The molecule has 1 aromatic rings. The predicted molar refractivity (Wildman–Crippen MR) is 53.7 cm³/mol. The van der Waals surface area contributed by atoms with Crippen LogP contribution in [0, 0.1) is 15.2 Å². The first-order valence-electron chi connectivity index (χ1n) is 2.59. The van der Waals surface area contributed by atoms with Crippen LogP contribution in [0.5, 0.6) is 5.75 Å². The second-order valence-electron chi connectivity index (χ2n) is 1.75. The van der Waals surface area contributed by atoms with Crippen LogP contribution in [0.4, 0.5) is 8.78 Å². The summed E-state index contributed by atoms with van der Waals surface area (Å²) in [5.74, 6) is -1.88. The molecule has 0 aromatic heterocycles. The topological polar surface area (TPSA) is 9.23 Å². The Labute approximate surface area is 90.0 Å². The third-order valence-electron chi connectivity index (χ3n) is 1.08. The van der Waals surface area contributed by atoms with Crippen molar-refractivity contribution >= 4 is 45.6 Å². The highest BCUT2D eigenvalue weighted by molar-refractivity contribution is 14.1. The molecule has 0 aliphatic rings. The van der Waals surface area contributed by atoms with E-state index >= 15 is 0 Å². The molecule has 0 unspecified atom stereocenters. The highest BCUT2D eigenvalue weighted by Gasteiger charge is 2.12. The van der Waals surface area contributed by atoms with Gasteiger partial charge in [0.15, 0.2) is 34.6 Å². The van der Waals surface area contributed by atoms with E-state index in [1.807, 2.05) is 22.6 Å². The Morgan fingerprint density at radius 2 is 1.91 bits per heavy atom. The first kappa shape index (κ1) is 9.43. The minimum absolute atomic E-state index is 0.0498. The first-order chi connectivity index (χ1) is 5.16. The molecule has 0 radical (unpaired) electrons. The van der Waals surface area contributed by atoms with E-state index in [1.165, 1.54) is 29.1 Å². The van der Waals surface area contributed by atoms with Crippen LogP contribution in [0.1, 0.15) is 0 Å². The number of halogens is 4. The summed E-state index contributed by atoms with van der Waals surface area (Å²) in [6.07, 6.45) is 0. The van der Waals surface area contributed by atoms with Gasteiger partial charge in [-0.1, -0.05) is 0 Å². The zero-order chi connectivity index (χ0) is 8.43. The number of benzene rings is 1. The van der Waals surface area contributed by atoms with Crippen molar-refractivity contribution in [3.63, 3.8) is 0 Å². The number of hydrogen-bond donors (Lipinski definition) is 0. The summed E-state index contributed by atoms with van der Waals surface area (Å²) in [5, 5.41) is 0. The number of rotatable bonds is 1. The Bertz CT molecular complexity index is 278. The van der Waals surface area contributed by atoms with Crippen molar-refractivity contribution in [1.82, 2.24) is 0 Å². The quantitative estimate of drug-likeness (QED) is 0.535. The molecule has 0 atom stereocenters. The fourth-order valence-electron chi connectivity index (χ4n) is 0.579. The van der Waals surface area contributed by atoms with Crippen LogP contribution >= 0.6 is 45.6 Å². The average molecular weight is 382 g/mol. The second-order valence-corrected chi connectivity index (χ2v) is 3.35. The lowest BCUT2D eigenvalue weighted by molar-refractivity contribution is 0.480. The highest BCUT2D eigenvalue weighted by Crippen LogP contribution is 2.27. The predicted octanol–water partition coefficient (Wildman–Crippen LogP) is 3.30. The number of hydrogen-bond acceptors (Lipinski definition) is 1. The van der Waals surface area contributed by atoms with Gasteiger partial charge in [-0.25, -0.2) is 4.39 Å². The van der Waals surface area contributed by atoms with Gasteiger partial charge >= 0.3 is 0 Å². The summed E-state index contributed by atoms with van der Waals surface area (Å²) in [6.45, 7) is 0. The van der Waals surface area contributed by atoms with Crippen LogP contribution in [-0.2, 0) is 0 Å². The lowest BCUT2D eigenvalue weighted by atomic mass is 10.3. The summed E-state index contributed by atoms with van der Waals surface area (Å²) >= 11 is 3.38. The summed E-state index contributed by atoms with van der Waals surface area (Å²) in [4.78, 5) is 0. The molecule has 0 N–H and O–H groups in total. The van der Waals surface area contributed by atoms with Crippen LogP contribution in [0.15, 0.2) is 12.1 Å². The molecule has 0 spiro atoms. The molecule has 0 aliphatic carbocycles. The normalized spacial score (nSPS) is 9.82. The van der Waals surface area contributed by atoms with Crippen molar-refractivity contribution < 1.29 is 11.8 Å². The summed E-state index contributed by atoms with van der Waals surface area (Å²) in [5.41, 5.74) is 0. The molecule has 0 aliphatic heterocycles. The lowest BCUT2D eigenvalue weighted by Gasteiger charge is -2.01. The van der Waals surface area contributed by atoms with Crippen LogP contribution in [0.3, 0.4) is 0 Å². The molecule has 60 valence electrons. The van der Waals surface area contributed by atoms with E-state index in [2.05, 4.69) is 3.07 Å². The maximum Gasteiger partial charge on any atom is 0.202 e. The van der Waals surface area contributed by atoms with Gasteiger partial charge in [-0.15, -0.1) is 0 Å². The van der Waals surface area contributed by atoms with Gasteiger partial charge < -0.3 is 3.07 Å². The Morgan fingerprint density at radius 1 is 1.27 bits per heavy atom. The molecule has 1 nitrogen and oxygen atoms in total. The lowest BCUT2D eigenvalue weighted by Crippen LogP contribution is -1.90. The van der Waals surface area contributed by atoms with Crippen LogP contribution in [0.25, 0.3) is 0 Å². The molecule has 5 heteroatoms. The third kappa shape index (κ3) is 1.92. The smallest absolute Gasteiger partial charge is 0.202 e. The molecule has 0 saturated heterocycles. The molecule has 1 rings (SSSR count). The molecule has 1 aromatic carbocycles. The maximum atomic E-state index is 12.8. The van der Waals surface area contributed by atoms with Crippen molar-refractivity contribution in [2.24, 2.45) is 0 Å². The van der Waals surface area contributed by atoms with Crippen molar-refractivity contribution in [2.75, 3.05) is 0 Å². The van der Waals surface area contributed by atoms with Gasteiger partial charge in [0.1, 0.15) is 0 Å². The van der Waals surface area contributed by atoms with Gasteiger partial charge in [0.25, 0.3) is 0 Å². The monoisotopic (exact) mass is 382 g/mol. The minimum atomic E-state index is -0.939. The standard InChI is InChI=1S/C6H2F2I2O/c7-3-1-2-4(9)6(11-10)5(3)8/h1-2H. The summed E-state index contributed by atoms with van der Waals surface area (Å²) in [7, 11) is 0. The zero-order valence-corrected chi connectivity index (χ0v) is 9.39. The Balaban J connectivity index is 3.29. The Morgan fingerprint density at radius 3 is 2.36 bits per heavy atom. The molecular formula is C6H2F2I2O. The van der Waals surface area contributed by atoms with E-state index in [0.29, 0.717) is 3.57 Å². The fourth-order valence-corrected chi connectivity index (χ4v) is 1.96. The van der Waals surface area contributed by atoms with Crippen molar-refractivity contribution in [3.8, 4) is 5.75 Å². The Hall–Kier alpha value is 0.340. The van der Waals surface area contributed by atoms with E-state index in [-0.39, 0.29) is 5.75 Å². The fraction of sp³-hybridized carbons (Fsp3) is 0. The van der Waals surface area contributed by atoms with Gasteiger partial charge in [0.05, 0.1) is 3.57 Å². The highest BCUT2D eigenvalue weighted by atomic mass is 127. The minimum Gasteiger partial charge on any atom is -0.423 e. The van der Waals surface area contributed by atoms with Gasteiger partial charge in [-0.05, 0) is 34.7 Å². The third-order valence-corrected chi connectivity index (χ3v) is 2.37. The molecule has 11 heavy (non-hydrogen) atoms. The molecule has 0 bridgehead atoms. The first-order valence-corrected chi connectivity index (χ1v) is 4.55. The molecule has 0 heterocycles. The SMILES string of the molecule is Fc1ccc(I)c(OI)c1F. The summed E-state index contributed by atoms with van der Waals surface area (Å²) in [6, 6.07) is 2.52. The molecule has 0 saturated carbocycles. The van der Waals surface area contributed by atoms with E-state index in [0.717, 1.165) is 6.07 Å². The second kappa shape index (κ2) is 3.83. The maximum absolute atomic E-state index is 12.8. The van der Waals surface area contributed by atoms with Crippen molar-refractivity contribution in [2.45, 2.75) is 0 Å². The largest absolute Gasteiger partial charge is 0.423 e. The zero-order valence-electron chi connectivity index (χ0n) is 5.07. The molecule has 0 amide bonds. The van der Waals surface area contributed by atoms with Gasteiger partial charge in [-0.2, -0.15) is 4.39 Å². The van der Waals surface area contributed by atoms with Gasteiger partial charge in [0.2, 0.25) is 5.82 Å². The van der Waals surface area contributed by atoms with E-state index in [1.54, 1.807) is 0 Å². The molecule has 0 fully saturated rings. The van der Waals surface area contributed by atoms with Crippen LogP contribution in [-0.4, -0.2) is 0 Å². The van der Waals surface area contributed by atoms with Crippen molar-refractivity contribution in [1.29, 1.82) is 0 Å². The van der Waals surface area contributed by atoms with Crippen molar-refractivity contribution in [3.05, 3.63) is 27.3 Å². The van der Waals surface area contributed by atoms with E-state index in [4.69, 9.17) is 0 Å². The van der Waals surface area contributed by atoms with E-state index < -0.39 is 11.6 Å². The average Bonchev–Trinajstić information content (AvgIpc) is 1.99. The van der Waals surface area contributed by atoms with Crippen LogP contribution in [0.2, 0.25) is 0 Å². The summed E-state index contributed by atoms with van der Waals surface area (Å²) < 4.78 is 30.4. The van der Waals surface area contributed by atoms with E-state index in [9.17, 15) is 8.78 Å². The van der Waals surface area contributed by atoms with Crippen LogP contribution < -0.4 is 3.07 Å². The van der Waals surface area contributed by atoms with Gasteiger partial charge in [-0.3, -0.25) is 0 Å².